The Morgan fingerprint density at radius 3 is 3.00 bits per heavy atom. The fourth-order valence-corrected chi connectivity index (χ4v) is 1.10. The van der Waals surface area contributed by atoms with Gasteiger partial charge in [-0.2, -0.15) is 0 Å². The highest BCUT2D eigenvalue weighted by atomic mass is 16.4. The second kappa shape index (κ2) is 4.96. The van der Waals surface area contributed by atoms with Crippen LogP contribution in [0.2, 0.25) is 0 Å². The fraction of sp³-hybridized carbons (Fsp3) is 0.600. The maximum absolute atomic E-state index is 5.49. The van der Waals surface area contributed by atoms with Crippen molar-refractivity contribution in [2.75, 3.05) is 0 Å². The average molecular weight is 166 g/mol. The molecule has 1 aromatic heterocycles. The second-order valence-electron chi connectivity index (χ2n) is 2.93. The third-order valence-corrected chi connectivity index (χ3v) is 1.74. The number of hydrogen-bond donors (Lipinski definition) is 0. The summed E-state index contributed by atoms with van der Waals surface area (Å²) in [6.45, 7) is 5.91. The zero-order valence-electron chi connectivity index (χ0n) is 7.68. The summed E-state index contributed by atoms with van der Waals surface area (Å²) in [6, 6.07) is 0. The molecular formula is C10H16NO. The predicted molar refractivity (Wildman–Crippen MR) is 48.8 cm³/mol. The number of hydrogen-bond acceptors (Lipinski definition) is 2. The van der Waals surface area contributed by atoms with E-state index in [9.17, 15) is 0 Å². The summed E-state index contributed by atoms with van der Waals surface area (Å²) in [7, 11) is 0. The van der Waals surface area contributed by atoms with E-state index in [0.717, 1.165) is 43.8 Å². The van der Waals surface area contributed by atoms with Gasteiger partial charge in [-0.05, 0) is 12.8 Å². The molecule has 0 aliphatic heterocycles. The first-order chi connectivity index (χ1) is 5.86. The van der Waals surface area contributed by atoms with E-state index in [0.29, 0.717) is 0 Å². The first-order valence-corrected chi connectivity index (χ1v) is 4.59. The molecule has 0 fully saturated rings. The molecule has 0 saturated carbocycles. The van der Waals surface area contributed by atoms with Gasteiger partial charge in [0, 0.05) is 12.8 Å². The van der Waals surface area contributed by atoms with Crippen LogP contribution in [0.3, 0.4) is 0 Å². The zero-order valence-corrected chi connectivity index (χ0v) is 7.68. The molecule has 0 saturated heterocycles. The summed E-state index contributed by atoms with van der Waals surface area (Å²) in [4.78, 5) is 4.18. The summed E-state index contributed by atoms with van der Waals surface area (Å²) in [5.74, 6) is 1.87. The lowest BCUT2D eigenvalue weighted by Crippen LogP contribution is -1.82. The number of nitrogens with zero attached hydrogens (tertiary/aromatic N) is 1. The lowest BCUT2D eigenvalue weighted by molar-refractivity contribution is 0.448. The Bertz CT molecular complexity index is 217. The van der Waals surface area contributed by atoms with Crippen LogP contribution < -0.4 is 0 Å². The Labute approximate surface area is 74.0 Å². The molecule has 1 heterocycles. The van der Waals surface area contributed by atoms with Crippen molar-refractivity contribution in [2.45, 2.75) is 39.0 Å². The topological polar surface area (TPSA) is 26.0 Å². The zero-order chi connectivity index (χ0) is 8.81. The van der Waals surface area contributed by atoms with Crippen molar-refractivity contribution in [3.05, 3.63) is 24.8 Å². The monoisotopic (exact) mass is 166 g/mol. The molecule has 0 N–H and O–H groups in total. The molecule has 2 nitrogen and oxygen atoms in total. The standard InChI is InChI=1S/C10H16NO/c1-3-5-7-10-11-8-9(12-10)6-4-2/h8H,1,3-7H2,2H3. The summed E-state index contributed by atoms with van der Waals surface area (Å²) >= 11 is 0. The van der Waals surface area contributed by atoms with Crippen molar-refractivity contribution in [3.8, 4) is 0 Å². The maximum atomic E-state index is 5.49. The van der Waals surface area contributed by atoms with Gasteiger partial charge in [-0.1, -0.05) is 20.3 Å². The molecule has 1 rings (SSSR count). The van der Waals surface area contributed by atoms with E-state index in [4.69, 9.17) is 4.42 Å². The van der Waals surface area contributed by atoms with Crippen molar-refractivity contribution >= 4 is 0 Å². The van der Waals surface area contributed by atoms with Crippen molar-refractivity contribution in [3.63, 3.8) is 0 Å². The first-order valence-electron chi connectivity index (χ1n) is 4.59. The van der Waals surface area contributed by atoms with E-state index in [1.807, 2.05) is 6.20 Å². The lowest BCUT2D eigenvalue weighted by atomic mass is 10.2. The van der Waals surface area contributed by atoms with Crippen LogP contribution in [0.25, 0.3) is 0 Å². The molecule has 67 valence electrons. The molecule has 0 unspecified atom stereocenters. The molecule has 0 aliphatic rings. The molecule has 0 spiro atoms. The van der Waals surface area contributed by atoms with Crippen LogP contribution in [0, 0.1) is 6.92 Å². The van der Waals surface area contributed by atoms with E-state index in [1.54, 1.807) is 0 Å². The normalized spacial score (nSPS) is 10.5. The minimum Gasteiger partial charge on any atom is -0.446 e. The van der Waals surface area contributed by atoms with Crippen molar-refractivity contribution in [1.82, 2.24) is 4.98 Å². The van der Waals surface area contributed by atoms with Crippen molar-refractivity contribution < 1.29 is 4.42 Å². The summed E-state index contributed by atoms with van der Waals surface area (Å²) in [6.07, 6.45) is 6.88. The Hall–Kier alpha value is -0.790. The van der Waals surface area contributed by atoms with Gasteiger partial charge in [-0.15, -0.1) is 0 Å². The van der Waals surface area contributed by atoms with Crippen molar-refractivity contribution in [2.24, 2.45) is 0 Å². The van der Waals surface area contributed by atoms with Gasteiger partial charge in [0.1, 0.15) is 5.76 Å². The number of unbranched alkanes of at least 4 members (excludes halogenated alkanes) is 1. The molecule has 0 aliphatic carbocycles. The van der Waals surface area contributed by atoms with Crippen LogP contribution >= 0.6 is 0 Å². The van der Waals surface area contributed by atoms with E-state index in [-0.39, 0.29) is 0 Å². The minimum atomic E-state index is 0.863. The van der Waals surface area contributed by atoms with Gasteiger partial charge in [0.25, 0.3) is 0 Å². The Morgan fingerprint density at radius 1 is 1.50 bits per heavy atom. The number of aromatic nitrogens is 1. The largest absolute Gasteiger partial charge is 0.446 e. The summed E-state index contributed by atoms with van der Waals surface area (Å²) in [5, 5.41) is 0. The Balaban J connectivity index is 2.41. The van der Waals surface area contributed by atoms with Gasteiger partial charge in [-0.3, -0.25) is 0 Å². The van der Waals surface area contributed by atoms with E-state index in [1.165, 1.54) is 0 Å². The van der Waals surface area contributed by atoms with E-state index < -0.39 is 0 Å². The van der Waals surface area contributed by atoms with Gasteiger partial charge < -0.3 is 4.42 Å². The van der Waals surface area contributed by atoms with Crippen molar-refractivity contribution in [1.29, 1.82) is 0 Å². The molecule has 0 amide bonds. The van der Waals surface area contributed by atoms with Crippen LogP contribution in [0.15, 0.2) is 10.6 Å². The van der Waals surface area contributed by atoms with Crippen LogP contribution in [0.5, 0.6) is 0 Å². The highest BCUT2D eigenvalue weighted by molar-refractivity contribution is 4.94. The highest BCUT2D eigenvalue weighted by Gasteiger charge is 2.01. The van der Waals surface area contributed by atoms with Gasteiger partial charge in [0.2, 0.25) is 0 Å². The molecule has 0 bridgehead atoms. The number of rotatable bonds is 5. The van der Waals surface area contributed by atoms with Crippen LogP contribution in [0.1, 0.15) is 37.8 Å². The van der Waals surface area contributed by atoms with Crippen LogP contribution in [0.4, 0.5) is 0 Å². The second-order valence-corrected chi connectivity index (χ2v) is 2.93. The summed E-state index contributed by atoms with van der Waals surface area (Å²) in [5.41, 5.74) is 0. The first kappa shape index (κ1) is 9.30. The molecule has 2 heteroatoms. The van der Waals surface area contributed by atoms with Gasteiger partial charge in [0.15, 0.2) is 5.89 Å². The van der Waals surface area contributed by atoms with Crippen LogP contribution in [-0.4, -0.2) is 4.98 Å². The molecule has 0 aromatic carbocycles. The minimum absolute atomic E-state index is 0.863. The Morgan fingerprint density at radius 2 is 2.33 bits per heavy atom. The summed E-state index contributed by atoms with van der Waals surface area (Å²) < 4.78 is 5.49. The smallest absolute Gasteiger partial charge is 0.194 e. The number of oxazole rings is 1. The molecule has 12 heavy (non-hydrogen) atoms. The maximum Gasteiger partial charge on any atom is 0.194 e. The quantitative estimate of drug-likeness (QED) is 0.672. The molecule has 1 radical (unpaired) electrons. The Kier molecular flexibility index (Phi) is 3.85. The predicted octanol–water partition coefficient (Wildman–Crippen LogP) is 2.78. The van der Waals surface area contributed by atoms with Gasteiger partial charge in [-0.25, -0.2) is 4.98 Å². The highest BCUT2D eigenvalue weighted by Crippen LogP contribution is 2.08. The van der Waals surface area contributed by atoms with Crippen LogP contribution in [-0.2, 0) is 12.8 Å². The fourth-order valence-electron chi connectivity index (χ4n) is 1.10. The lowest BCUT2D eigenvalue weighted by Gasteiger charge is -1.91. The number of aryl methyl sites for hydroxylation is 2. The van der Waals surface area contributed by atoms with E-state index in [2.05, 4.69) is 18.8 Å². The SMILES string of the molecule is [CH2]CCCc1ncc(CCC)o1. The molecule has 0 atom stereocenters. The van der Waals surface area contributed by atoms with Gasteiger partial charge in [0.05, 0.1) is 6.20 Å². The van der Waals surface area contributed by atoms with Gasteiger partial charge >= 0.3 is 0 Å². The average Bonchev–Trinajstić information content (AvgIpc) is 2.50. The third kappa shape index (κ3) is 2.68. The molecular weight excluding hydrogens is 150 g/mol. The molecule has 1 aromatic rings. The van der Waals surface area contributed by atoms with E-state index >= 15 is 0 Å². The third-order valence-electron chi connectivity index (χ3n) is 1.74.